The van der Waals surface area contributed by atoms with Crippen LogP contribution < -0.4 is 10.5 Å². The fourth-order valence-electron chi connectivity index (χ4n) is 1.67. The number of hydrogen-bond acceptors (Lipinski definition) is 9. The molecule has 0 saturated heterocycles. The summed E-state index contributed by atoms with van der Waals surface area (Å²) in [5.74, 6) is -1.22. The van der Waals surface area contributed by atoms with Gasteiger partial charge in [-0.3, -0.25) is 9.11 Å². The monoisotopic (exact) mass is 419 g/mol. The molecule has 0 saturated carbocycles. The second kappa shape index (κ2) is 8.29. The SMILES string of the molecule is Nc1ccc(OCCCS(=O)(=O)CCOS(=O)(=O)O)c(S(=O)(=O)O)c1. The molecule has 4 N–H and O–H groups in total. The second-order valence-corrected chi connectivity index (χ2v) is 9.57. The summed E-state index contributed by atoms with van der Waals surface area (Å²) in [5.41, 5.74) is 5.51. The van der Waals surface area contributed by atoms with Crippen molar-refractivity contribution in [3.8, 4) is 5.75 Å². The van der Waals surface area contributed by atoms with Crippen molar-refractivity contribution in [1.82, 2.24) is 0 Å². The summed E-state index contributed by atoms with van der Waals surface area (Å²) < 4.78 is 92.9. The van der Waals surface area contributed by atoms with Gasteiger partial charge in [-0.15, -0.1) is 0 Å². The van der Waals surface area contributed by atoms with E-state index in [0.717, 1.165) is 6.07 Å². The maximum Gasteiger partial charge on any atom is 0.397 e. The first kappa shape index (κ1) is 21.6. The zero-order valence-corrected chi connectivity index (χ0v) is 15.2. The fourth-order valence-corrected chi connectivity index (χ4v) is 3.84. The summed E-state index contributed by atoms with van der Waals surface area (Å²) in [6, 6.07) is 3.55. The maximum atomic E-state index is 11.6. The number of anilines is 1. The number of ether oxygens (including phenoxy) is 1. The minimum atomic E-state index is -4.71. The highest BCUT2D eigenvalue weighted by Crippen LogP contribution is 2.26. The molecule has 144 valence electrons. The van der Waals surface area contributed by atoms with Crippen molar-refractivity contribution in [3.63, 3.8) is 0 Å². The molecule has 0 spiro atoms. The Hall–Kier alpha value is -1.45. The van der Waals surface area contributed by atoms with E-state index in [4.69, 9.17) is 19.6 Å². The molecule has 0 aromatic heterocycles. The van der Waals surface area contributed by atoms with Crippen molar-refractivity contribution in [2.45, 2.75) is 11.3 Å². The molecular weight excluding hydrogens is 402 g/mol. The Bertz CT molecular complexity index is 905. The summed E-state index contributed by atoms with van der Waals surface area (Å²) in [6.45, 7) is -0.919. The van der Waals surface area contributed by atoms with Gasteiger partial charge in [-0.25, -0.2) is 12.6 Å². The van der Waals surface area contributed by atoms with Gasteiger partial charge in [0.25, 0.3) is 10.1 Å². The standard InChI is InChI=1S/C11H17NO10S3/c12-9-2-3-10(11(8-9)24(15,16)17)21-4-1-6-23(13,14)7-5-22-25(18,19)20/h2-3,8H,1,4-7,12H2,(H,15,16,17)(H,18,19,20). The van der Waals surface area contributed by atoms with Gasteiger partial charge in [0.05, 0.1) is 24.7 Å². The number of rotatable bonds is 10. The molecule has 14 heteroatoms. The van der Waals surface area contributed by atoms with Gasteiger partial charge in [0.15, 0.2) is 9.84 Å². The minimum Gasteiger partial charge on any atom is -0.492 e. The van der Waals surface area contributed by atoms with Crippen LogP contribution in [0.5, 0.6) is 5.75 Å². The Labute approximate surface area is 145 Å². The molecule has 0 aliphatic heterocycles. The van der Waals surface area contributed by atoms with Crippen molar-refractivity contribution in [3.05, 3.63) is 18.2 Å². The van der Waals surface area contributed by atoms with Crippen LogP contribution in [0.1, 0.15) is 6.42 Å². The highest BCUT2D eigenvalue weighted by molar-refractivity contribution is 7.91. The number of benzene rings is 1. The van der Waals surface area contributed by atoms with Crippen LogP contribution in [-0.2, 0) is 34.5 Å². The van der Waals surface area contributed by atoms with Crippen molar-refractivity contribution in [1.29, 1.82) is 0 Å². The van der Waals surface area contributed by atoms with Gasteiger partial charge in [0, 0.05) is 5.69 Å². The smallest absolute Gasteiger partial charge is 0.397 e. The van der Waals surface area contributed by atoms with E-state index < -0.39 is 53.4 Å². The lowest BCUT2D eigenvalue weighted by Gasteiger charge is -2.10. The Morgan fingerprint density at radius 3 is 2.16 bits per heavy atom. The van der Waals surface area contributed by atoms with Crippen LogP contribution >= 0.6 is 0 Å². The predicted molar refractivity (Wildman–Crippen MR) is 86.9 cm³/mol. The van der Waals surface area contributed by atoms with Crippen molar-refractivity contribution < 1.29 is 43.3 Å². The average molecular weight is 419 g/mol. The molecule has 0 aliphatic carbocycles. The Kier molecular flexibility index (Phi) is 7.16. The first-order valence-corrected chi connectivity index (χ1v) is 11.2. The van der Waals surface area contributed by atoms with Crippen LogP contribution in [0.2, 0.25) is 0 Å². The van der Waals surface area contributed by atoms with E-state index in [1.165, 1.54) is 12.1 Å². The van der Waals surface area contributed by atoms with E-state index in [9.17, 15) is 25.3 Å². The molecule has 0 amide bonds. The van der Waals surface area contributed by atoms with E-state index in [0.29, 0.717) is 0 Å². The van der Waals surface area contributed by atoms with Crippen molar-refractivity contribution >= 4 is 36.0 Å². The summed E-state index contributed by atoms with van der Waals surface area (Å²) in [7, 11) is -12.9. The van der Waals surface area contributed by atoms with Crippen LogP contribution in [0, 0.1) is 0 Å². The average Bonchev–Trinajstić information content (AvgIpc) is 2.42. The molecule has 11 nitrogen and oxygen atoms in total. The first-order valence-electron chi connectivity index (χ1n) is 6.62. The molecule has 0 unspecified atom stereocenters. The normalized spacial score (nSPS) is 12.9. The second-order valence-electron chi connectivity index (χ2n) is 4.78. The van der Waals surface area contributed by atoms with Crippen LogP contribution in [-0.4, -0.2) is 59.1 Å². The number of nitrogens with two attached hydrogens (primary N) is 1. The molecule has 1 aromatic rings. The van der Waals surface area contributed by atoms with E-state index in [1.807, 2.05) is 0 Å². The third-order valence-corrected chi connectivity index (χ3v) is 5.77. The van der Waals surface area contributed by atoms with Crippen LogP contribution in [0.25, 0.3) is 0 Å². The third-order valence-electron chi connectivity index (χ3n) is 2.73. The highest BCUT2D eigenvalue weighted by Gasteiger charge is 2.18. The summed E-state index contributed by atoms with van der Waals surface area (Å²) in [5, 5.41) is 0. The van der Waals surface area contributed by atoms with Gasteiger partial charge in [0.2, 0.25) is 0 Å². The molecule has 0 fully saturated rings. The van der Waals surface area contributed by atoms with Gasteiger partial charge in [-0.2, -0.15) is 16.8 Å². The Morgan fingerprint density at radius 1 is 0.960 bits per heavy atom. The third kappa shape index (κ3) is 8.46. The zero-order chi connectivity index (χ0) is 19.3. The van der Waals surface area contributed by atoms with Crippen molar-refractivity contribution in [2.75, 3.05) is 30.5 Å². The minimum absolute atomic E-state index is 0.0382. The Morgan fingerprint density at radius 2 is 1.60 bits per heavy atom. The molecule has 1 aromatic carbocycles. The van der Waals surface area contributed by atoms with Gasteiger partial charge in [-0.1, -0.05) is 0 Å². The largest absolute Gasteiger partial charge is 0.492 e. The quantitative estimate of drug-likeness (QED) is 0.252. The highest BCUT2D eigenvalue weighted by atomic mass is 32.3. The zero-order valence-electron chi connectivity index (χ0n) is 12.7. The summed E-state index contributed by atoms with van der Waals surface area (Å²) in [4.78, 5) is -0.545. The molecule has 0 heterocycles. The topological polar surface area (TPSA) is 187 Å². The van der Waals surface area contributed by atoms with Gasteiger partial charge < -0.3 is 10.5 Å². The van der Waals surface area contributed by atoms with Crippen LogP contribution in [0.15, 0.2) is 23.1 Å². The van der Waals surface area contributed by atoms with Crippen LogP contribution in [0.3, 0.4) is 0 Å². The van der Waals surface area contributed by atoms with E-state index in [1.54, 1.807) is 0 Å². The van der Waals surface area contributed by atoms with Crippen LogP contribution in [0.4, 0.5) is 5.69 Å². The molecular formula is C11H17NO10S3. The molecule has 0 atom stereocenters. The summed E-state index contributed by atoms with van der Waals surface area (Å²) >= 11 is 0. The maximum absolute atomic E-state index is 11.6. The molecule has 1 rings (SSSR count). The molecule has 0 aliphatic rings. The lowest BCUT2D eigenvalue weighted by atomic mass is 10.3. The van der Waals surface area contributed by atoms with E-state index in [-0.39, 0.29) is 24.5 Å². The van der Waals surface area contributed by atoms with Gasteiger partial charge >= 0.3 is 10.4 Å². The number of hydrogen-bond donors (Lipinski definition) is 3. The fraction of sp³-hybridized carbons (Fsp3) is 0.455. The lowest BCUT2D eigenvalue weighted by molar-refractivity contribution is 0.283. The van der Waals surface area contributed by atoms with Gasteiger partial charge in [0.1, 0.15) is 10.6 Å². The Balaban J connectivity index is 2.56. The molecule has 0 bridgehead atoms. The van der Waals surface area contributed by atoms with Gasteiger partial charge in [-0.05, 0) is 24.6 Å². The summed E-state index contributed by atoms with van der Waals surface area (Å²) in [6.07, 6.45) is -0.0382. The van der Waals surface area contributed by atoms with E-state index in [2.05, 4.69) is 4.18 Å². The molecule has 25 heavy (non-hydrogen) atoms. The first-order chi connectivity index (χ1) is 11.3. The number of sulfone groups is 1. The lowest BCUT2D eigenvalue weighted by Crippen LogP contribution is -2.19. The van der Waals surface area contributed by atoms with Crippen molar-refractivity contribution in [2.24, 2.45) is 0 Å². The van der Waals surface area contributed by atoms with E-state index >= 15 is 0 Å². The number of nitrogen functional groups attached to an aromatic ring is 1. The predicted octanol–water partition coefficient (Wildman–Crippen LogP) is -0.481. The molecule has 0 radical (unpaired) electrons.